The van der Waals surface area contributed by atoms with Gasteiger partial charge in [-0.15, -0.1) is 0 Å². The molecule has 2 aromatic rings. The largest absolute Gasteiger partial charge is 0.454 e. The maximum absolute atomic E-state index is 12.4. The van der Waals surface area contributed by atoms with E-state index >= 15 is 0 Å². The lowest BCUT2D eigenvalue weighted by atomic mass is 10.2. The summed E-state index contributed by atoms with van der Waals surface area (Å²) in [6, 6.07) is 11.6. The third kappa shape index (κ3) is 4.47. The molecule has 0 unspecified atom stereocenters. The standard InChI is InChI=1S/C18H15F2NO4/c19-18(20)25-14-4-2-1-3-13(14)10-21-17(22)8-6-12-5-7-15-16(9-12)24-11-23-15/h1-9,18H,10-11H2,(H,21,22)/b8-6+. The molecule has 2 aromatic carbocycles. The molecule has 0 aliphatic carbocycles. The lowest BCUT2D eigenvalue weighted by molar-refractivity contribution is -0.116. The number of rotatable bonds is 6. The third-order valence-electron chi connectivity index (χ3n) is 3.47. The topological polar surface area (TPSA) is 56.8 Å². The summed E-state index contributed by atoms with van der Waals surface area (Å²) in [5, 5.41) is 2.63. The van der Waals surface area contributed by atoms with Crippen LogP contribution >= 0.6 is 0 Å². The van der Waals surface area contributed by atoms with Crippen molar-refractivity contribution in [1.82, 2.24) is 5.32 Å². The zero-order chi connectivity index (χ0) is 17.6. The molecule has 0 spiro atoms. The van der Waals surface area contributed by atoms with Gasteiger partial charge in [-0.1, -0.05) is 24.3 Å². The molecule has 1 aliphatic heterocycles. The monoisotopic (exact) mass is 347 g/mol. The van der Waals surface area contributed by atoms with Gasteiger partial charge in [0.25, 0.3) is 0 Å². The molecule has 130 valence electrons. The van der Waals surface area contributed by atoms with Crippen LogP contribution in [0.4, 0.5) is 8.78 Å². The molecule has 0 atom stereocenters. The number of nitrogens with one attached hydrogen (secondary N) is 1. The van der Waals surface area contributed by atoms with Crippen molar-refractivity contribution in [2.45, 2.75) is 13.2 Å². The Balaban J connectivity index is 1.58. The summed E-state index contributed by atoms with van der Waals surface area (Å²) in [6.07, 6.45) is 2.98. The molecule has 0 saturated heterocycles. The average Bonchev–Trinajstić information content (AvgIpc) is 3.06. The molecule has 1 N–H and O–H groups in total. The molecule has 0 radical (unpaired) electrons. The van der Waals surface area contributed by atoms with Crippen LogP contribution in [-0.4, -0.2) is 19.3 Å². The SMILES string of the molecule is O=C(/C=C/c1ccc2c(c1)OCO2)NCc1ccccc1OC(F)F. The second-order valence-electron chi connectivity index (χ2n) is 5.15. The maximum Gasteiger partial charge on any atom is 0.387 e. The fraction of sp³-hybridized carbons (Fsp3) is 0.167. The Morgan fingerprint density at radius 3 is 2.84 bits per heavy atom. The summed E-state index contributed by atoms with van der Waals surface area (Å²) in [4.78, 5) is 11.9. The molecule has 25 heavy (non-hydrogen) atoms. The van der Waals surface area contributed by atoms with Gasteiger partial charge in [0.1, 0.15) is 5.75 Å². The molecule has 0 saturated carbocycles. The van der Waals surface area contributed by atoms with Crippen molar-refractivity contribution in [3.63, 3.8) is 0 Å². The van der Waals surface area contributed by atoms with Gasteiger partial charge in [-0.25, -0.2) is 0 Å². The highest BCUT2D eigenvalue weighted by molar-refractivity contribution is 5.91. The van der Waals surface area contributed by atoms with Crippen molar-refractivity contribution in [2.75, 3.05) is 6.79 Å². The first-order valence-corrected chi connectivity index (χ1v) is 7.50. The number of amides is 1. The summed E-state index contributed by atoms with van der Waals surface area (Å²) in [5.41, 5.74) is 1.24. The van der Waals surface area contributed by atoms with Gasteiger partial charge in [0.15, 0.2) is 11.5 Å². The minimum absolute atomic E-state index is 0.0394. The lowest BCUT2D eigenvalue weighted by Gasteiger charge is -2.10. The van der Waals surface area contributed by atoms with E-state index in [-0.39, 0.29) is 25.0 Å². The minimum Gasteiger partial charge on any atom is -0.454 e. The highest BCUT2D eigenvalue weighted by Crippen LogP contribution is 2.32. The Morgan fingerprint density at radius 1 is 1.20 bits per heavy atom. The first-order chi connectivity index (χ1) is 12.1. The number of carbonyl (C=O) groups is 1. The van der Waals surface area contributed by atoms with Gasteiger partial charge in [0.2, 0.25) is 12.7 Å². The summed E-state index contributed by atoms with van der Waals surface area (Å²) in [5.74, 6) is 0.972. The molecular weight excluding hydrogens is 332 g/mol. The Labute approximate surface area is 142 Å². The number of carbonyl (C=O) groups excluding carboxylic acids is 1. The maximum atomic E-state index is 12.4. The van der Waals surface area contributed by atoms with Gasteiger partial charge in [-0.05, 0) is 29.8 Å². The Hall–Kier alpha value is -3.09. The Kier molecular flexibility index (Phi) is 5.13. The van der Waals surface area contributed by atoms with Crippen LogP contribution < -0.4 is 19.5 Å². The average molecular weight is 347 g/mol. The van der Waals surface area contributed by atoms with Crippen LogP contribution in [0.1, 0.15) is 11.1 Å². The molecule has 5 nitrogen and oxygen atoms in total. The molecule has 7 heteroatoms. The molecular formula is C18H15F2NO4. The molecule has 0 fully saturated rings. The van der Waals surface area contributed by atoms with Crippen LogP contribution in [0.3, 0.4) is 0 Å². The number of alkyl halides is 2. The van der Waals surface area contributed by atoms with Crippen LogP contribution in [0, 0.1) is 0 Å². The van der Waals surface area contributed by atoms with Crippen LogP contribution in [0.25, 0.3) is 6.08 Å². The number of hydrogen-bond acceptors (Lipinski definition) is 4. The van der Waals surface area contributed by atoms with Gasteiger partial charge < -0.3 is 19.5 Å². The van der Waals surface area contributed by atoms with Crippen LogP contribution in [0.5, 0.6) is 17.2 Å². The van der Waals surface area contributed by atoms with Gasteiger partial charge in [0.05, 0.1) is 0 Å². The van der Waals surface area contributed by atoms with Crippen molar-refractivity contribution in [3.05, 3.63) is 59.7 Å². The van der Waals surface area contributed by atoms with E-state index < -0.39 is 6.61 Å². The van der Waals surface area contributed by atoms with E-state index in [0.717, 1.165) is 5.56 Å². The number of hydrogen-bond donors (Lipinski definition) is 1. The Bertz CT molecular complexity index is 792. The molecule has 1 amide bonds. The molecule has 1 heterocycles. The fourth-order valence-corrected chi connectivity index (χ4v) is 2.29. The van der Waals surface area contributed by atoms with Crippen molar-refractivity contribution >= 4 is 12.0 Å². The lowest BCUT2D eigenvalue weighted by Crippen LogP contribution is -2.21. The minimum atomic E-state index is -2.91. The Morgan fingerprint density at radius 2 is 2.00 bits per heavy atom. The van der Waals surface area contributed by atoms with Crippen LogP contribution in [-0.2, 0) is 11.3 Å². The number of halogens is 2. The number of fused-ring (bicyclic) bond motifs is 1. The van der Waals surface area contributed by atoms with Crippen molar-refractivity contribution in [3.8, 4) is 17.2 Å². The van der Waals surface area contributed by atoms with Crippen molar-refractivity contribution < 1.29 is 27.8 Å². The van der Waals surface area contributed by atoms with Gasteiger partial charge in [-0.3, -0.25) is 4.79 Å². The van der Waals surface area contributed by atoms with Gasteiger partial charge in [0, 0.05) is 18.2 Å². The third-order valence-corrected chi connectivity index (χ3v) is 3.47. The molecule has 0 bridgehead atoms. The number of benzene rings is 2. The van der Waals surface area contributed by atoms with E-state index in [9.17, 15) is 13.6 Å². The number of para-hydroxylation sites is 1. The quantitative estimate of drug-likeness (QED) is 0.815. The summed E-state index contributed by atoms with van der Waals surface area (Å²) < 4.78 is 39.6. The van der Waals surface area contributed by atoms with E-state index in [1.165, 1.54) is 12.1 Å². The van der Waals surface area contributed by atoms with E-state index in [2.05, 4.69) is 10.1 Å². The van der Waals surface area contributed by atoms with Crippen molar-refractivity contribution in [1.29, 1.82) is 0 Å². The summed E-state index contributed by atoms with van der Waals surface area (Å²) >= 11 is 0. The van der Waals surface area contributed by atoms with Crippen LogP contribution in [0.15, 0.2) is 48.5 Å². The smallest absolute Gasteiger partial charge is 0.387 e. The van der Waals surface area contributed by atoms with E-state index in [4.69, 9.17) is 9.47 Å². The normalized spacial score (nSPS) is 12.6. The highest BCUT2D eigenvalue weighted by Gasteiger charge is 2.12. The first kappa shape index (κ1) is 16.8. The van der Waals surface area contributed by atoms with Gasteiger partial charge in [-0.2, -0.15) is 8.78 Å². The molecule has 1 aliphatic rings. The summed E-state index contributed by atoms with van der Waals surface area (Å²) in [6.45, 7) is -2.65. The second-order valence-corrected chi connectivity index (χ2v) is 5.15. The fourth-order valence-electron chi connectivity index (χ4n) is 2.29. The number of ether oxygens (including phenoxy) is 3. The zero-order valence-electron chi connectivity index (χ0n) is 13.1. The van der Waals surface area contributed by atoms with Gasteiger partial charge >= 0.3 is 6.61 Å². The van der Waals surface area contributed by atoms with E-state index in [1.807, 2.05) is 0 Å². The van der Waals surface area contributed by atoms with Crippen LogP contribution in [0.2, 0.25) is 0 Å². The van der Waals surface area contributed by atoms with E-state index in [1.54, 1.807) is 42.5 Å². The first-order valence-electron chi connectivity index (χ1n) is 7.50. The predicted octanol–water partition coefficient (Wildman–Crippen LogP) is 3.35. The van der Waals surface area contributed by atoms with Crippen molar-refractivity contribution in [2.24, 2.45) is 0 Å². The molecule has 3 rings (SSSR count). The van der Waals surface area contributed by atoms with E-state index in [0.29, 0.717) is 17.1 Å². The molecule has 0 aromatic heterocycles. The summed E-state index contributed by atoms with van der Waals surface area (Å²) in [7, 11) is 0. The second kappa shape index (κ2) is 7.65. The zero-order valence-corrected chi connectivity index (χ0v) is 13.1. The predicted molar refractivity (Wildman–Crippen MR) is 86.5 cm³/mol. The highest BCUT2D eigenvalue weighted by atomic mass is 19.3.